The average Bonchev–Trinajstić information content (AvgIpc) is 3.35. The minimum Gasteiger partial charge on any atom is -0.495 e. The standard InChI is InChI=1S/C23H25N5O4S2/c1-14(2)13-34(30,31)23-27-26-22(33-23)25-21(29)18(12-24)11-17-10-15(3)28(16(17)4)19-8-6-7-9-20(19)32-5/h6-11,14H,13H2,1-5H3,(H,25,26,29). The largest absolute Gasteiger partial charge is 0.495 e. The van der Waals surface area contributed by atoms with Crippen LogP contribution in [0.2, 0.25) is 0 Å². The van der Waals surface area contributed by atoms with E-state index in [0.717, 1.165) is 28.4 Å². The number of hydrogen-bond acceptors (Lipinski definition) is 8. The number of aromatic nitrogens is 3. The SMILES string of the molecule is COc1ccccc1-n1c(C)cc(C=C(C#N)C(=O)Nc2nnc(S(=O)(=O)CC(C)C)s2)c1C. The number of amides is 1. The number of carbonyl (C=O) groups is 1. The predicted molar refractivity (Wildman–Crippen MR) is 131 cm³/mol. The van der Waals surface area contributed by atoms with Crippen LogP contribution in [0.5, 0.6) is 5.75 Å². The van der Waals surface area contributed by atoms with Crippen LogP contribution in [0.15, 0.2) is 40.2 Å². The second-order valence-electron chi connectivity index (χ2n) is 8.01. The van der Waals surface area contributed by atoms with E-state index >= 15 is 0 Å². The van der Waals surface area contributed by atoms with Crippen LogP contribution in [0.4, 0.5) is 5.13 Å². The van der Waals surface area contributed by atoms with Gasteiger partial charge >= 0.3 is 0 Å². The van der Waals surface area contributed by atoms with Crippen molar-refractivity contribution >= 4 is 38.3 Å². The number of methoxy groups -OCH3 is 1. The predicted octanol–water partition coefficient (Wildman–Crippen LogP) is 3.93. The molecule has 34 heavy (non-hydrogen) atoms. The summed E-state index contributed by atoms with van der Waals surface area (Å²) in [7, 11) is -1.99. The second-order valence-corrected chi connectivity index (χ2v) is 11.2. The molecule has 0 atom stereocenters. The number of nitriles is 1. The monoisotopic (exact) mass is 499 g/mol. The molecule has 1 aromatic carbocycles. The summed E-state index contributed by atoms with van der Waals surface area (Å²) in [6, 6.07) is 11.3. The quantitative estimate of drug-likeness (QED) is 0.283. The number of sulfone groups is 1. The van der Waals surface area contributed by atoms with Gasteiger partial charge in [0.2, 0.25) is 19.3 Å². The van der Waals surface area contributed by atoms with Gasteiger partial charge in [-0.25, -0.2) is 8.42 Å². The van der Waals surface area contributed by atoms with Gasteiger partial charge in [0, 0.05) is 11.4 Å². The molecule has 0 spiro atoms. The Morgan fingerprint density at radius 2 is 2.00 bits per heavy atom. The van der Waals surface area contributed by atoms with Crippen LogP contribution in [-0.4, -0.2) is 42.0 Å². The number of nitrogens with one attached hydrogen (secondary N) is 1. The molecule has 0 bridgehead atoms. The van der Waals surface area contributed by atoms with Gasteiger partial charge in [-0.2, -0.15) is 5.26 Å². The first-order valence-electron chi connectivity index (χ1n) is 10.4. The van der Waals surface area contributed by atoms with Crippen LogP contribution in [0.3, 0.4) is 0 Å². The number of hydrogen-bond donors (Lipinski definition) is 1. The van der Waals surface area contributed by atoms with Crippen LogP contribution in [0, 0.1) is 31.1 Å². The topological polar surface area (TPSA) is 127 Å². The van der Waals surface area contributed by atoms with Crippen molar-refractivity contribution in [2.45, 2.75) is 32.0 Å². The minimum absolute atomic E-state index is 0.00738. The first-order valence-corrected chi connectivity index (χ1v) is 12.9. The number of nitrogens with zero attached hydrogens (tertiary/aromatic N) is 4. The number of aryl methyl sites for hydroxylation is 1. The van der Waals surface area contributed by atoms with Crippen molar-refractivity contribution in [1.29, 1.82) is 5.26 Å². The van der Waals surface area contributed by atoms with Crippen molar-refractivity contribution in [2.75, 3.05) is 18.2 Å². The molecule has 1 amide bonds. The first kappa shape index (κ1) is 25.1. The number of carbonyl (C=O) groups excluding carboxylic acids is 1. The van der Waals surface area contributed by atoms with Crippen LogP contribution < -0.4 is 10.1 Å². The Balaban J connectivity index is 1.88. The lowest BCUT2D eigenvalue weighted by molar-refractivity contribution is -0.112. The highest BCUT2D eigenvalue weighted by Crippen LogP contribution is 2.29. The number of rotatable bonds is 8. The maximum Gasteiger partial charge on any atom is 0.268 e. The molecule has 0 aliphatic rings. The summed E-state index contributed by atoms with van der Waals surface area (Å²) < 4.78 is 31.9. The van der Waals surface area contributed by atoms with E-state index < -0.39 is 15.7 Å². The molecule has 2 aromatic heterocycles. The van der Waals surface area contributed by atoms with E-state index in [9.17, 15) is 18.5 Å². The Kier molecular flexibility index (Phi) is 7.54. The van der Waals surface area contributed by atoms with Crippen molar-refractivity contribution in [2.24, 2.45) is 5.92 Å². The molecular formula is C23H25N5O4S2. The van der Waals surface area contributed by atoms with E-state index in [1.54, 1.807) is 21.0 Å². The first-order chi connectivity index (χ1) is 16.1. The van der Waals surface area contributed by atoms with Gasteiger partial charge in [-0.3, -0.25) is 10.1 Å². The highest BCUT2D eigenvalue weighted by Gasteiger charge is 2.23. The van der Waals surface area contributed by atoms with Crippen molar-refractivity contribution in [3.63, 3.8) is 0 Å². The number of anilines is 1. The zero-order valence-corrected chi connectivity index (χ0v) is 21.1. The Hall–Kier alpha value is -3.49. The summed E-state index contributed by atoms with van der Waals surface area (Å²) >= 11 is 0.759. The molecule has 178 valence electrons. The van der Waals surface area contributed by atoms with Crippen LogP contribution in [-0.2, 0) is 14.6 Å². The summed E-state index contributed by atoms with van der Waals surface area (Å²) in [5.74, 6) is -0.151. The van der Waals surface area contributed by atoms with Gasteiger partial charge in [0.05, 0.1) is 18.6 Å². The zero-order chi connectivity index (χ0) is 25.0. The Morgan fingerprint density at radius 1 is 1.29 bits per heavy atom. The Labute approximate surface area is 202 Å². The van der Waals surface area contributed by atoms with E-state index in [4.69, 9.17) is 4.74 Å². The zero-order valence-electron chi connectivity index (χ0n) is 19.5. The summed E-state index contributed by atoms with van der Waals surface area (Å²) in [6.07, 6.45) is 1.49. The van der Waals surface area contributed by atoms with Crippen molar-refractivity contribution < 1.29 is 17.9 Å². The van der Waals surface area contributed by atoms with E-state index in [1.807, 2.05) is 54.8 Å². The maximum atomic E-state index is 12.7. The van der Waals surface area contributed by atoms with E-state index in [1.165, 1.54) is 6.08 Å². The fourth-order valence-electron chi connectivity index (χ4n) is 3.48. The number of para-hydroxylation sites is 2. The van der Waals surface area contributed by atoms with Crippen LogP contribution in [0.1, 0.15) is 30.8 Å². The lowest BCUT2D eigenvalue weighted by Gasteiger charge is -2.13. The summed E-state index contributed by atoms with van der Waals surface area (Å²) in [4.78, 5) is 12.7. The second kappa shape index (κ2) is 10.2. The molecular weight excluding hydrogens is 474 g/mol. The maximum absolute atomic E-state index is 12.7. The third kappa shape index (κ3) is 5.35. The molecule has 0 aliphatic heterocycles. The molecule has 9 nitrogen and oxygen atoms in total. The third-order valence-electron chi connectivity index (χ3n) is 4.91. The van der Waals surface area contributed by atoms with Gasteiger partial charge in [-0.1, -0.05) is 37.3 Å². The molecule has 0 unspecified atom stereocenters. The molecule has 2 heterocycles. The average molecular weight is 500 g/mol. The van der Waals surface area contributed by atoms with Crippen molar-refractivity contribution in [3.05, 3.63) is 52.9 Å². The highest BCUT2D eigenvalue weighted by molar-refractivity contribution is 7.93. The van der Waals surface area contributed by atoms with Crippen molar-refractivity contribution in [3.8, 4) is 17.5 Å². The molecule has 0 radical (unpaired) electrons. The lowest BCUT2D eigenvalue weighted by Crippen LogP contribution is -2.13. The number of benzene rings is 1. The van der Waals surface area contributed by atoms with Gasteiger partial charge in [-0.05, 0) is 49.6 Å². The Morgan fingerprint density at radius 3 is 2.65 bits per heavy atom. The minimum atomic E-state index is -3.59. The number of ether oxygens (including phenoxy) is 1. The van der Waals surface area contributed by atoms with Gasteiger partial charge < -0.3 is 9.30 Å². The van der Waals surface area contributed by atoms with Crippen molar-refractivity contribution in [1.82, 2.24) is 14.8 Å². The molecule has 11 heteroatoms. The third-order valence-corrected chi connectivity index (χ3v) is 8.27. The van der Waals surface area contributed by atoms with E-state index in [-0.39, 0.29) is 26.7 Å². The molecule has 0 fully saturated rings. The molecule has 3 aromatic rings. The summed E-state index contributed by atoms with van der Waals surface area (Å²) in [5.41, 5.74) is 3.09. The normalized spacial score (nSPS) is 12.0. The van der Waals surface area contributed by atoms with E-state index in [2.05, 4.69) is 15.5 Å². The summed E-state index contributed by atoms with van der Waals surface area (Å²) in [5, 5.41) is 19.5. The van der Waals surface area contributed by atoms with Crippen LogP contribution in [0.25, 0.3) is 11.8 Å². The fourth-order valence-corrected chi connectivity index (χ4v) is 6.09. The Bertz CT molecular complexity index is 1390. The van der Waals surface area contributed by atoms with Gasteiger partial charge in [0.1, 0.15) is 17.4 Å². The molecule has 0 aliphatic carbocycles. The van der Waals surface area contributed by atoms with E-state index in [0.29, 0.717) is 11.3 Å². The summed E-state index contributed by atoms with van der Waals surface area (Å²) in [6.45, 7) is 7.38. The van der Waals surface area contributed by atoms with Gasteiger partial charge in [-0.15, -0.1) is 10.2 Å². The smallest absolute Gasteiger partial charge is 0.268 e. The van der Waals surface area contributed by atoms with Gasteiger partial charge in [0.15, 0.2) is 0 Å². The lowest BCUT2D eigenvalue weighted by atomic mass is 10.1. The molecule has 0 saturated heterocycles. The molecule has 0 saturated carbocycles. The van der Waals surface area contributed by atoms with Gasteiger partial charge in [0.25, 0.3) is 5.91 Å². The fraction of sp³-hybridized carbons (Fsp3) is 0.304. The van der Waals surface area contributed by atoms with Crippen LogP contribution >= 0.6 is 11.3 Å². The molecule has 1 N–H and O–H groups in total. The molecule has 3 rings (SSSR count). The highest BCUT2D eigenvalue weighted by atomic mass is 32.2.